The van der Waals surface area contributed by atoms with Crippen LogP contribution in [0.2, 0.25) is 0 Å². The fourth-order valence-electron chi connectivity index (χ4n) is 3.63. The second kappa shape index (κ2) is 9.27. The minimum absolute atomic E-state index is 0.334. The van der Waals surface area contributed by atoms with Gasteiger partial charge in [-0.25, -0.2) is 9.78 Å². The lowest BCUT2D eigenvalue weighted by Gasteiger charge is -2.36. The summed E-state index contributed by atoms with van der Waals surface area (Å²) in [5, 5.41) is 17.1. The summed E-state index contributed by atoms with van der Waals surface area (Å²) < 4.78 is 31.7. The van der Waals surface area contributed by atoms with Gasteiger partial charge in [-0.05, 0) is 37.8 Å². The number of aryl methyl sites for hydroxylation is 1. The largest absolute Gasteiger partial charge is 0.506 e. The molecule has 0 bridgehead atoms. The summed E-state index contributed by atoms with van der Waals surface area (Å²) in [6.07, 6.45) is -0.710. The number of halogens is 3. The highest BCUT2D eigenvalue weighted by Crippen LogP contribution is 2.29. The number of alkyl halides is 3. The Labute approximate surface area is 177 Å². The monoisotopic (exact) mass is 439 g/mol. The molecule has 11 heteroatoms. The molecule has 1 aromatic heterocycles. The van der Waals surface area contributed by atoms with Crippen molar-refractivity contribution in [3.63, 3.8) is 0 Å². The van der Waals surface area contributed by atoms with E-state index in [2.05, 4.69) is 14.8 Å². The van der Waals surface area contributed by atoms with Crippen LogP contribution in [-0.4, -0.2) is 58.5 Å². The normalized spacial score (nSPS) is 16.2. The molecule has 1 aromatic carbocycles. The number of aromatic hydroxyl groups is 1. The number of aromatic nitrogens is 2. The molecule has 168 valence electrons. The third-order valence-corrected chi connectivity index (χ3v) is 5.23. The van der Waals surface area contributed by atoms with Gasteiger partial charge in [-0.1, -0.05) is 12.1 Å². The van der Waals surface area contributed by atoms with Crippen molar-refractivity contribution < 1.29 is 28.2 Å². The van der Waals surface area contributed by atoms with E-state index >= 15 is 0 Å². The van der Waals surface area contributed by atoms with E-state index in [9.17, 15) is 18.3 Å². The van der Waals surface area contributed by atoms with Gasteiger partial charge in [0, 0.05) is 31.7 Å². The van der Waals surface area contributed by atoms with E-state index in [1.807, 2.05) is 18.2 Å². The van der Waals surface area contributed by atoms with E-state index in [0.29, 0.717) is 11.6 Å². The lowest BCUT2D eigenvalue weighted by atomic mass is 9.96. The topological polar surface area (TPSA) is 116 Å². The summed E-state index contributed by atoms with van der Waals surface area (Å²) >= 11 is 0. The lowest BCUT2D eigenvalue weighted by molar-refractivity contribution is -0.192. The molecule has 1 saturated heterocycles. The number of aliphatic carboxylic acids is 1. The van der Waals surface area contributed by atoms with E-state index in [1.165, 1.54) is 12.8 Å². The SMILES string of the molecule is Nc1nc(N2CCN(c3ccccc3O)CC2)nc2c1CCCC2.O=C(O)C(F)(F)F. The molecule has 0 radical (unpaired) electrons. The van der Waals surface area contributed by atoms with Crippen LogP contribution in [0.25, 0.3) is 0 Å². The molecular formula is C20H24F3N5O3. The van der Waals surface area contributed by atoms with Crippen molar-refractivity contribution in [3.05, 3.63) is 35.5 Å². The molecule has 8 nitrogen and oxygen atoms in total. The Morgan fingerprint density at radius 1 is 1.00 bits per heavy atom. The van der Waals surface area contributed by atoms with Crippen molar-refractivity contribution in [2.24, 2.45) is 0 Å². The number of carboxylic acids is 1. The number of carboxylic acid groups (broad SMARTS) is 1. The van der Waals surface area contributed by atoms with Gasteiger partial charge in [0.15, 0.2) is 0 Å². The Balaban J connectivity index is 0.000000339. The second-order valence-corrected chi connectivity index (χ2v) is 7.31. The smallest absolute Gasteiger partial charge is 0.490 e. The van der Waals surface area contributed by atoms with Crippen LogP contribution >= 0.6 is 0 Å². The molecule has 0 spiro atoms. The number of piperazine rings is 1. The summed E-state index contributed by atoms with van der Waals surface area (Å²) in [6.45, 7) is 3.31. The zero-order chi connectivity index (χ0) is 22.6. The summed E-state index contributed by atoms with van der Waals surface area (Å²) in [4.78, 5) is 22.6. The number of nitrogens with zero attached hydrogens (tertiary/aromatic N) is 4. The van der Waals surface area contributed by atoms with Gasteiger partial charge in [-0.15, -0.1) is 0 Å². The highest BCUT2D eigenvalue weighted by molar-refractivity contribution is 5.73. The maximum atomic E-state index is 10.6. The predicted molar refractivity (Wildman–Crippen MR) is 109 cm³/mol. The van der Waals surface area contributed by atoms with Crippen molar-refractivity contribution in [1.82, 2.24) is 9.97 Å². The van der Waals surface area contributed by atoms with E-state index in [4.69, 9.17) is 20.6 Å². The number of nitrogen functional groups attached to an aromatic ring is 1. The molecule has 2 aliphatic rings. The molecular weight excluding hydrogens is 415 g/mol. The van der Waals surface area contributed by atoms with Gasteiger partial charge in [0.25, 0.3) is 0 Å². The third-order valence-electron chi connectivity index (χ3n) is 5.23. The summed E-state index contributed by atoms with van der Waals surface area (Å²) in [6, 6.07) is 7.49. The number of anilines is 3. The first-order chi connectivity index (χ1) is 14.7. The summed E-state index contributed by atoms with van der Waals surface area (Å²) in [5.74, 6) is -1.02. The van der Waals surface area contributed by atoms with E-state index < -0.39 is 12.1 Å². The molecule has 4 rings (SSSR count). The first kappa shape index (κ1) is 22.4. The number of nitrogens with two attached hydrogens (primary N) is 1. The van der Waals surface area contributed by atoms with E-state index in [1.54, 1.807) is 6.07 Å². The maximum Gasteiger partial charge on any atom is 0.490 e. The number of phenolic OH excluding ortho intramolecular Hbond substituents is 1. The minimum atomic E-state index is -5.08. The van der Waals surface area contributed by atoms with Gasteiger partial charge in [-0.2, -0.15) is 18.2 Å². The van der Waals surface area contributed by atoms with Gasteiger partial charge < -0.3 is 25.7 Å². The van der Waals surface area contributed by atoms with Crippen LogP contribution in [0.4, 0.5) is 30.6 Å². The summed E-state index contributed by atoms with van der Waals surface area (Å²) in [5.41, 5.74) is 9.34. The van der Waals surface area contributed by atoms with Crippen LogP contribution in [-0.2, 0) is 17.6 Å². The van der Waals surface area contributed by atoms with E-state index in [-0.39, 0.29) is 0 Å². The number of rotatable bonds is 2. The van der Waals surface area contributed by atoms with Gasteiger partial charge in [0.1, 0.15) is 11.6 Å². The second-order valence-electron chi connectivity index (χ2n) is 7.31. The number of hydrogen-bond donors (Lipinski definition) is 3. The predicted octanol–water partition coefficient (Wildman–Crippen LogP) is 2.60. The van der Waals surface area contributed by atoms with Crippen molar-refractivity contribution in [2.45, 2.75) is 31.9 Å². The minimum Gasteiger partial charge on any atom is -0.506 e. The van der Waals surface area contributed by atoms with Crippen LogP contribution < -0.4 is 15.5 Å². The number of carbonyl (C=O) groups is 1. The Kier molecular flexibility index (Phi) is 6.71. The van der Waals surface area contributed by atoms with Crippen molar-refractivity contribution in [3.8, 4) is 5.75 Å². The van der Waals surface area contributed by atoms with Crippen molar-refractivity contribution in [1.29, 1.82) is 0 Å². The molecule has 0 atom stereocenters. The number of phenols is 1. The fraction of sp³-hybridized carbons (Fsp3) is 0.450. The number of hydrogen-bond acceptors (Lipinski definition) is 7. The van der Waals surface area contributed by atoms with Gasteiger partial charge in [-0.3, -0.25) is 0 Å². The van der Waals surface area contributed by atoms with Gasteiger partial charge in [0.05, 0.1) is 11.4 Å². The van der Waals surface area contributed by atoms with Crippen LogP contribution in [0.1, 0.15) is 24.1 Å². The zero-order valence-corrected chi connectivity index (χ0v) is 16.8. The highest BCUT2D eigenvalue weighted by atomic mass is 19.4. The highest BCUT2D eigenvalue weighted by Gasteiger charge is 2.38. The van der Waals surface area contributed by atoms with Gasteiger partial charge in [0.2, 0.25) is 5.95 Å². The van der Waals surface area contributed by atoms with Crippen LogP contribution in [0.15, 0.2) is 24.3 Å². The van der Waals surface area contributed by atoms with Crippen LogP contribution in [0.3, 0.4) is 0 Å². The average Bonchev–Trinajstić information content (AvgIpc) is 2.74. The summed E-state index contributed by atoms with van der Waals surface area (Å²) in [7, 11) is 0. The molecule has 4 N–H and O–H groups in total. The van der Waals surface area contributed by atoms with Gasteiger partial charge >= 0.3 is 12.1 Å². The Bertz CT molecular complexity index is 931. The molecule has 2 heterocycles. The molecule has 1 aliphatic carbocycles. The fourth-order valence-corrected chi connectivity index (χ4v) is 3.63. The van der Waals surface area contributed by atoms with Crippen LogP contribution in [0, 0.1) is 0 Å². The Hall–Kier alpha value is -3.24. The molecule has 2 aromatic rings. The van der Waals surface area contributed by atoms with Crippen molar-refractivity contribution in [2.75, 3.05) is 41.7 Å². The molecule has 0 saturated carbocycles. The molecule has 31 heavy (non-hydrogen) atoms. The van der Waals surface area contributed by atoms with Crippen molar-refractivity contribution >= 4 is 23.4 Å². The number of fused-ring (bicyclic) bond motifs is 1. The first-order valence-electron chi connectivity index (χ1n) is 9.90. The third kappa shape index (κ3) is 5.47. The standard InChI is InChI=1S/C18H23N5O.C2HF3O2/c19-17-13-5-1-2-6-14(13)20-18(21-17)23-11-9-22(10-12-23)15-7-3-4-8-16(15)24;3-2(4,5)1(6)7/h3-4,7-8,24H,1-2,5-6,9-12H2,(H2,19,20,21);(H,6,7). The van der Waals surface area contributed by atoms with E-state index in [0.717, 1.165) is 61.9 Å². The number of benzene rings is 1. The number of para-hydroxylation sites is 2. The maximum absolute atomic E-state index is 10.6. The molecule has 0 unspecified atom stereocenters. The first-order valence-corrected chi connectivity index (χ1v) is 9.90. The zero-order valence-electron chi connectivity index (χ0n) is 16.8. The molecule has 1 fully saturated rings. The Morgan fingerprint density at radius 2 is 1.58 bits per heavy atom. The quantitative estimate of drug-likeness (QED) is 0.654. The van der Waals surface area contributed by atoms with Crippen LogP contribution in [0.5, 0.6) is 5.75 Å². The lowest BCUT2D eigenvalue weighted by Crippen LogP contribution is -2.47. The molecule has 0 amide bonds. The molecule has 1 aliphatic heterocycles. The Morgan fingerprint density at radius 3 is 2.19 bits per heavy atom. The average molecular weight is 439 g/mol.